The summed E-state index contributed by atoms with van der Waals surface area (Å²) in [4.78, 5) is 16.9. The second-order valence-corrected chi connectivity index (χ2v) is 7.38. The summed E-state index contributed by atoms with van der Waals surface area (Å²) in [5.74, 6) is 0.433. The number of amides is 1. The number of aryl methyl sites for hydroxylation is 1. The minimum atomic E-state index is -1.01. The van der Waals surface area contributed by atoms with Gasteiger partial charge in [0.25, 0.3) is 5.91 Å². The van der Waals surface area contributed by atoms with Gasteiger partial charge in [-0.05, 0) is 25.0 Å². The molecule has 0 spiro atoms. The van der Waals surface area contributed by atoms with Crippen LogP contribution in [-0.2, 0) is 7.05 Å². The summed E-state index contributed by atoms with van der Waals surface area (Å²) < 4.78 is 21.3. The number of rotatable bonds is 4. The summed E-state index contributed by atoms with van der Waals surface area (Å²) in [5, 5.41) is 3.95. The van der Waals surface area contributed by atoms with Crippen molar-refractivity contribution in [3.8, 4) is 5.88 Å². The van der Waals surface area contributed by atoms with E-state index in [2.05, 4.69) is 10.3 Å². The molecule has 2 aromatic heterocycles. The number of carbonyl (C=O) groups is 1. The Morgan fingerprint density at radius 3 is 2.83 bits per heavy atom. The molecular formula is C17H18FN3O2. The summed E-state index contributed by atoms with van der Waals surface area (Å²) >= 11 is 0. The van der Waals surface area contributed by atoms with Gasteiger partial charge in [-0.3, -0.25) is 4.79 Å². The standard InChI is InChI=1S/C17H18FN3O2/c1-21-12(14(22)20-17-7-16(18,8-17)9-17)6-10-4-5-19-15(13(10)21)23-11-2-3-11/h4-6,11H,2-3,7-9H2,1H3,(H,20,22). The van der Waals surface area contributed by atoms with Crippen molar-refractivity contribution >= 4 is 16.8 Å². The highest BCUT2D eigenvalue weighted by Crippen LogP contribution is 2.62. The van der Waals surface area contributed by atoms with Crippen LogP contribution in [0.2, 0.25) is 0 Å². The van der Waals surface area contributed by atoms with Crippen LogP contribution in [0, 0.1) is 0 Å². The summed E-state index contributed by atoms with van der Waals surface area (Å²) in [6, 6.07) is 3.73. The molecule has 1 amide bonds. The fraction of sp³-hybridized carbons (Fsp3) is 0.529. The van der Waals surface area contributed by atoms with Crippen molar-refractivity contribution in [1.82, 2.24) is 14.9 Å². The zero-order valence-corrected chi connectivity index (χ0v) is 12.9. The lowest BCUT2D eigenvalue weighted by atomic mass is 9.47. The number of hydrogen-bond donors (Lipinski definition) is 1. The van der Waals surface area contributed by atoms with Gasteiger partial charge in [-0.1, -0.05) is 0 Å². The SMILES string of the molecule is Cn1c(C(=O)NC23CC(F)(C2)C3)cc2ccnc(OC3CC3)c21. The van der Waals surface area contributed by atoms with Gasteiger partial charge < -0.3 is 14.6 Å². The first-order valence-electron chi connectivity index (χ1n) is 8.10. The molecule has 2 bridgehead atoms. The lowest BCUT2D eigenvalue weighted by Gasteiger charge is -2.65. The first kappa shape index (κ1) is 13.3. The molecule has 4 aliphatic carbocycles. The number of aromatic nitrogens is 2. The average molecular weight is 315 g/mol. The molecule has 0 radical (unpaired) electrons. The molecule has 0 aromatic carbocycles. The van der Waals surface area contributed by atoms with Crippen LogP contribution in [0.3, 0.4) is 0 Å². The number of nitrogens with zero attached hydrogens (tertiary/aromatic N) is 2. The van der Waals surface area contributed by atoms with Gasteiger partial charge >= 0.3 is 0 Å². The summed E-state index contributed by atoms with van der Waals surface area (Å²) in [7, 11) is 1.84. The van der Waals surface area contributed by atoms with Crippen LogP contribution in [0.5, 0.6) is 5.88 Å². The molecule has 120 valence electrons. The van der Waals surface area contributed by atoms with E-state index in [0.717, 1.165) is 23.7 Å². The van der Waals surface area contributed by atoms with Crippen molar-refractivity contribution in [1.29, 1.82) is 0 Å². The van der Waals surface area contributed by atoms with Crippen LogP contribution < -0.4 is 10.1 Å². The Kier molecular flexibility index (Phi) is 2.35. The Labute approximate surface area is 132 Å². The fourth-order valence-electron chi connectivity index (χ4n) is 4.02. The van der Waals surface area contributed by atoms with E-state index < -0.39 is 5.67 Å². The Balaban J connectivity index is 1.47. The number of fused-ring (bicyclic) bond motifs is 1. The number of nitrogens with one attached hydrogen (secondary N) is 1. The number of pyridine rings is 1. The van der Waals surface area contributed by atoms with Gasteiger partial charge in [0, 0.05) is 43.4 Å². The average Bonchev–Trinajstić information content (AvgIpc) is 3.19. The molecule has 2 heterocycles. The highest BCUT2D eigenvalue weighted by Gasteiger charge is 2.69. The Morgan fingerprint density at radius 2 is 2.17 bits per heavy atom. The maximum absolute atomic E-state index is 13.6. The molecule has 23 heavy (non-hydrogen) atoms. The third kappa shape index (κ3) is 1.90. The van der Waals surface area contributed by atoms with E-state index in [1.165, 1.54) is 0 Å². The van der Waals surface area contributed by atoms with Crippen molar-refractivity contribution in [2.45, 2.75) is 49.4 Å². The van der Waals surface area contributed by atoms with E-state index in [-0.39, 0.29) is 17.6 Å². The van der Waals surface area contributed by atoms with Gasteiger partial charge in [0.1, 0.15) is 23.0 Å². The van der Waals surface area contributed by atoms with Gasteiger partial charge in [0.2, 0.25) is 5.88 Å². The number of carbonyl (C=O) groups excluding carboxylic acids is 1. The molecular weight excluding hydrogens is 297 g/mol. The predicted octanol–water partition coefficient (Wildman–Crippen LogP) is 2.49. The molecule has 0 atom stereocenters. The number of alkyl halides is 1. The monoisotopic (exact) mass is 315 g/mol. The quantitative estimate of drug-likeness (QED) is 0.943. The smallest absolute Gasteiger partial charge is 0.268 e. The lowest BCUT2D eigenvalue weighted by molar-refractivity contribution is -0.162. The second-order valence-electron chi connectivity index (χ2n) is 7.38. The predicted molar refractivity (Wildman–Crippen MR) is 82.3 cm³/mol. The summed E-state index contributed by atoms with van der Waals surface area (Å²) in [6.45, 7) is 0. The van der Waals surface area contributed by atoms with Gasteiger partial charge in [-0.15, -0.1) is 0 Å². The van der Waals surface area contributed by atoms with E-state index in [9.17, 15) is 9.18 Å². The first-order valence-corrected chi connectivity index (χ1v) is 8.10. The van der Waals surface area contributed by atoms with Gasteiger partial charge in [0.05, 0.1) is 0 Å². The maximum Gasteiger partial charge on any atom is 0.268 e. The molecule has 6 rings (SSSR count). The molecule has 2 aromatic rings. The van der Waals surface area contributed by atoms with Crippen LogP contribution in [0.25, 0.3) is 10.9 Å². The van der Waals surface area contributed by atoms with Crippen LogP contribution in [0.1, 0.15) is 42.6 Å². The molecule has 0 unspecified atom stereocenters. The number of ether oxygens (including phenoxy) is 1. The van der Waals surface area contributed by atoms with E-state index in [1.54, 1.807) is 6.20 Å². The molecule has 4 fully saturated rings. The second kappa shape index (κ2) is 4.04. The van der Waals surface area contributed by atoms with Gasteiger partial charge in [-0.25, -0.2) is 9.37 Å². The van der Waals surface area contributed by atoms with Gasteiger partial charge in [-0.2, -0.15) is 0 Å². The molecule has 5 nitrogen and oxygen atoms in total. The lowest BCUT2D eigenvalue weighted by Crippen LogP contribution is -2.76. The minimum absolute atomic E-state index is 0.150. The summed E-state index contributed by atoms with van der Waals surface area (Å²) in [6.07, 6.45) is 5.43. The van der Waals surface area contributed by atoms with Crippen LogP contribution >= 0.6 is 0 Å². The van der Waals surface area contributed by atoms with E-state index in [4.69, 9.17) is 4.74 Å². The van der Waals surface area contributed by atoms with Crippen molar-refractivity contribution in [3.63, 3.8) is 0 Å². The maximum atomic E-state index is 13.6. The highest BCUT2D eigenvalue weighted by atomic mass is 19.1. The van der Waals surface area contributed by atoms with Crippen molar-refractivity contribution < 1.29 is 13.9 Å². The third-order valence-electron chi connectivity index (χ3n) is 5.29. The molecule has 0 aliphatic heterocycles. The molecule has 0 saturated heterocycles. The first-order chi connectivity index (χ1) is 11.0. The number of hydrogen-bond acceptors (Lipinski definition) is 3. The van der Waals surface area contributed by atoms with E-state index in [0.29, 0.717) is 30.8 Å². The molecule has 6 heteroatoms. The van der Waals surface area contributed by atoms with Gasteiger partial charge in [0.15, 0.2) is 0 Å². The molecule has 4 saturated carbocycles. The van der Waals surface area contributed by atoms with E-state index >= 15 is 0 Å². The molecule has 1 N–H and O–H groups in total. The van der Waals surface area contributed by atoms with Crippen LogP contribution in [-0.4, -0.2) is 32.8 Å². The zero-order valence-electron chi connectivity index (χ0n) is 12.9. The van der Waals surface area contributed by atoms with E-state index in [1.807, 2.05) is 23.7 Å². The minimum Gasteiger partial charge on any atom is -0.473 e. The van der Waals surface area contributed by atoms with Crippen LogP contribution in [0.15, 0.2) is 18.3 Å². The van der Waals surface area contributed by atoms with Crippen molar-refractivity contribution in [3.05, 3.63) is 24.0 Å². The Hall–Kier alpha value is -2.11. The molecule has 4 aliphatic rings. The largest absolute Gasteiger partial charge is 0.473 e. The summed E-state index contributed by atoms with van der Waals surface area (Å²) in [5.41, 5.74) is 0.0744. The van der Waals surface area contributed by atoms with Crippen molar-refractivity contribution in [2.75, 3.05) is 0 Å². The Morgan fingerprint density at radius 1 is 1.43 bits per heavy atom. The number of halogens is 1. The van der Waals surface area contributed by atoms with Crippen LogP contribution in [0.4, 0.5) is 4.39 Å². The Bertz CT molecular complexity index is 820. The highest BCUT2D eigenvalue weighted by molar-refractivity contribution is 6.00. The third-order valence-corrected chi connectivity index (χ3v) is 5.29. The topological polar surface area (TPSA) is 56.2 Å². The zero-order chi connectivity index (χ0) is 15.8. The van der Waals surface area contributed by atoms with Crippen molar-refractivity contribution in [2.24, 2.45) is 7.05 Å². The fourth-order valence-corrected chi connectivity index (χ4v) is 4.02. The normalized spacial score (nSPS) is 31.4.